The van der Waals surface area contributed by atoms with Gasteiger partial charge in [0.1, 0.15) is 11.3 Å². The van der Waals surface area contributed by atoms with Crippen molar-refractivity contribution in [3.05, 3.63) is 71.0 Å². The third kappa shape index (κ3) is 4.98. The second-order valence-corrected chi connectivity index (χ2v) is 8.44. The molecule has 0 saturated carbocycles. The largest absolute Gasteiger partial charge is 0.481 e. The van der Waals surface area contributed by atoms with Gasteiger partial charge in [-0.3, -0.25) is 4.79 Å². The van der Waals surface area contributed by atoms with Crippen molar-refractivity contribution in [2.75, 3.05) is 0 Å². The Morgan fingerprint density at radius 1 is 1.06 bits per heavy atom. The summed E-state index contributed by atoms with van der Waals surface area (Å²) in [4.78, 5) is 11.8. The van der Waals surface area contributed by atoms with Crippen LogP contribution in [0.3, 0.4) is 0 Å². The first-order valence-corrected chi connectivity index (χ1v) is 11.2. The number of furan rings is 1. The molecule has 0 saturated heterocycles. The van der Waals surface area contributed by atoms with Crippen molar-refractivity contribution in [2.45, 2.75) is 57.8 Å². The highest BCUT2D eigenvalue weighted by Crippen LogP contribution is 2.32. The molecule has 1 heterocycles. The summed E-state index contributed by atoms with van der Waals surface area (Å²) in [7, 11) is 0. The van der Waals surface area contributed by atoms with Gasteiger partial charge in [-0.05, 0) is 50.2 Å². The van der Waals surface area contributed by atoms with E-state index in [0.717, 1.165) is 48.8 Å². The maximum Gasteiger partial charge on any atom is 0.306 e. The summed E-state index contributed by atoms with van der Waals surface area (Å²) in [5, 5.41) is 23.9. The Balaban J connectivity index is 1.47. The van der Waals surface area contributed by atoms with Gasteiger partial charge in [0.2, 0.25) is 0 Å². The zero-order chi connectivity index (χ0) is 21.6. The van der Waals surface area contributed by atoms with Crippen molar-refractivity contribution in [3.8, 4) is 0 Å². The minimum atomic E-state index is -0.861. The molecule has 2 aromatic carbocycles. The van der Waals surface area contributed by atoms with Gasteiger partial charge in [-0.1, -0.05) is 54.0 Å². The van der Waals surface area contributed by atoms with Crippen LogP contribution in [0.15, 0.2) is 58.1 Å². The van der Waals surface area contributed by atoms with Crippen LogP contribution in [-0.4, -0.2) is 22.0 Å². The number of benzene rings is 2. The smallest absolute Gasteiger partial charge is 0.306 e. The third-order valence-corrected chi connectivity index (χ3v) is 6.31. The van der Waals surface area contributed by atoms with Crippen LogP contribution < -0.4 is 0 Å². The molecule has 1 aliphatic carbocycles. The SMILES string of the molecule is O=C(O)C(CCCc1ccccc1)CC(=NO)c1ccc2c3c(oc2c1)CCCCC3. The number of fused-ring (bicyclic) bond motifs is 3. The number of carbonyl (C=O) groups is 1. The van der Waals surface area contributed by atoms with Crippen molar-refractivity contribution in [3.63, 3.8) is 0 Å². The van der Waals surface area contributed by atoms with E-state index in [9.17, 15) is 15.1 Å². The van der Waals surface area contributed by atoms with E-state index in [1.54, 1.807) is 0 Å². The van der Waals surface area contributed by atoms with Gasteiger partial charge in [0.25, 0.3) is 0 Å². The summed E-state index contributed by atoms with van der Waals surface area (Å²) in [6.07, 6.45) is 7.86. The van der Waals surface area contributed by atoms with Gasteiger partial charge in [-0.25, -0.2) is 0 Å². The Bertz CT molecular complexity index is 1070. The Kier molecular flexibility index (Phi) is 6.70. The molecule has 4 rings (SSSR count). The molecule has 0 spiro atoms. The molecular formula is C26H29NO4. The van der Waals surface area contributed by atoms with E-state index in [-0.39, 0.29) is 6.42 Å². The second-order valence-electron chi connectivity index (χ2n) is 8.44. The van der Waals surface area contributed by atoms with Crippen LogP contribution >= 0.6 is 0 Å². The molecule has 0 bridgehead atoms. The lowest BCUT2D eigenvalue weighted by molar-refractivity contribution is -0.141. The second kappa shape index (κ2) is 9.82. The van der Waals surface area contributed by atoms with Crippen molar-refractivity contribution >= 4 is 22.7 Å². The first-order chi connectivity index (χ1) is 15.2. The highest BCUT2D eigenvalue weighted by Gasteiger charge is 2.23. The monoisotopic (exact) mass is 419 g/mol. The van der Waals surface area contributed by atoms with Crippen molar-refractivity contribution in [2.24, 2.45) is 11.1 Å². The van der Waals surface area contributed by atoms with Crippen LogP contribution in [0.1, 0.15) is 61.0 Å². The Morgan fingerprint density at radius 3 is 2.65 bits per heavy atom. The Hall–Kier alpha value is -3.08. The summed E-state index contributed by atoms with van der Waals surface area (Å²) >= 11 is 0. The minimum Gasteiger partial charge on any atom is -0.481 e. The van der Waals surface area contributed by atoms with Crippen molar-refractivity contribution < 1.29 is 19.5 Å². The van der Waals surface area contributed by atoms with E-state index in [4.69, 9.17) is 4.42 Å². The van der Waals surface area contributed by atoms with Gasteiger partial charge in [-0.2, -0.15) is 0 Å². The zero-order valence-electron chi connectivity index (χ0n) is 17.7. The summed E-state index contributed by atoms with van der Waals surface area (Å²) in [6, 6.07) is 15.9. The van der Waals surface area contributed by atoms with E-state index in [0.29, 0.717) is 17.7 Å². The molecule has 0 fully saturated rings. The molecule has 31 heavy (non-hydrogen) atoms. The summed E-state index contributed by atoms with van der Waals surface area (Å²) in [5.41, 5.74) is 4.40. The van der Waals surface area contributed by atoms with Gasteiger partial charge in [-0.15, -0.1) is 0 Å². The van der Waals surface area contributed by atoms with Crippen molar-refractivity contribution in [1.29, 1.82) is 0 Å². The average molecular weight is 420 g/mol. The Labute approximate surface area is 182 Å². The molecular weight excluding hydrogens is 390 g/mol. The maximum atomic E-state index is 11.8. The summed E-state index contributed by atoms with van der Waals surface area (Å²) in [5.74, 6) is -0.393. The lowest BCUT2D eigenvalue weighted by Crippen LogP contribution is -2.19. The fourth-order valence-electron chi connectivity index (χ4n) is 4.58. The molecule has 0 radical (unpaired) electrons. The number of hydrogen-bond donors (Lipinski definition) is 2. The first-order valence-electron chi connectivity index (χ1n) is 11.2. The highest BCUT2D eigenvalue weighted by atomic mass is 16.4. The van der Waals surface area contributed by atoms with Gasteiger partial charge < -0.3 is 14.7 Å². The van der Waals surface area contributed by atoms with E-state index < -0.39 is 11.9 Å². The van der Waals surface area contributed by atoms with E-state index in [1.165, 1.54) is 24.0 Å². The van der Waals surface area contributed by atoms with Crippen LogP contribution in [0.25, 0.3) is 11.0 Å². The number of carboxylic acid groups (broad SMARTS) is 1. The zero-order valence-corrected chi connectivity index (χ0v) is 17.7. The number of aryl methyl sites for hydroxylation is 3. The van der Waals surface area contributed by atoms with Gasteiger partial charge in [0.15, 0.2) is 0 Å². The minimum absolute atomic E-state index is 0.187. The van der Waals surface area contributed by atoms with E-state index in [1.807, 2.05) is 36.4 Å². The van der Waals surface area contributed by atoms with E-state index in [2.05, 4.69) is 17.3 Å². The number of aliphatic carboxylic acids is 1. The normalized spacial score (nSPS) is 15.4. The number of nitrogens with zero attached hydrogens (tertiary/aromatic N) is 1. The number of hydrogen-bond acceptors (Lipinski definition) is 4. The lowest BCUT2D eigenvalue weighted by Gasteiger charge is -2.13. The van der Waals surface area contributed by atoms with Crippen LogP contribution in [0, 0.1) is 5.92 Å². The first kappa shape index (κ1) is 21.2. The number of rotatable bonds is 8. The predicted octanol–water partition coefficient (Wildman–Crippen LogP) is 5.99. The molecule has 1 atom stereocenters. The summed E-state index contributed by atoms with van der Waals surface area (Å²) < 4.78 is 6.12. The van der Waals surface area contributed by atoms with E-state index >= 15 is 0 Å². The van der Waals surface area contributed by atoms with Gasteiger partial charge in [0.05, 0.1) is 11.6 Å². The van der Waals surface area contributed by atoms with Crippen molar-refractivity contribution in [1.82, 2.24) is 0 Å². The average Bonchev–Trinajstić information content (AvgIpc) is 2.96. The maximum absolute atomic E-state index is 11.8. The molecule has 1 aliphatic rings. The molecule has 2 N–H and O–H groups in total. The molecule has 162 valence electrons. The molecule has 0 aliphatic heterocycles. The quantitative estimate of drug-likeness (QED) is 0.203. The summed E-state index contributed by atoms with van der Waals surface area (Å²) in [6.45, 7) is 0. The number of carboxylic acids is 1. The predicted molar refractivity (Wildman–Crippen MR) is 121 cm³/mol. The standard InChI is InChI=1S/C26H29NO4/c28-26(29)20(11-7-10-18-8-3-1-4-9-18)16-23(27-30)19-14-15-22-21-12-5-2-6-13-24(21)31-25(22)17-19/h1,3-4,8-9,14-15,17,20,30H,2,5-7,10-13,16H2,(H,28,29). The highest BCUT2D eigenvalue weighted by molar-refractivity contribution is 6.04. The number of oxime groups is 1. The van der Waals surface area contributed by atoms with Gasteiger partial charge >= 0.3 is 5.97 Å². The van der Waals surface area contributed by atoms with Crippen LogP contribution in [-0.2, 0) is 24.1 Å². The topological polar surface area (TPSA) is 83.0 Å². The molecule has 3 aromatic rings. The fourth-order valence-corrected chi connectivity index (χ4v) is 4.58. The molecule has 0 amide bonds. The van der Waals surface area contributed by atoms with Crippen LogP contribution in [0.4, 0.5) is 0 Å². The molecule has 5 nitrogen and oxygen atoms in total. The third-order valence-electron chi connectivity index (χ3n) is 6.31. The van der Waals surface area contributed by atoms with Crippen LogP contribution in [0.5, 0.6) is 0 Å². The molecule has 1 unspecified atom stereocenters. The lowest BCUT2D eigenvalue weighted by atomic mass is 9.92. The fraction of sp³-hybridized carbons (Fsp3) is 0.385. The molecule has 1 aromatic heterocycles. The molecule has 5 heteroatoms. The van der Waals surface area contributed by atoms with Crippen LogP contribution in [0.2, 0.25) is 0 Å². The Morgan fingerprint density at radius 2 is 1.87 bits per heavy atom. The van der Waals surface area contributed by atoms with Gasteiger partial charge in [0, 0.05) is 29.4 Å².